The van der Waals surface area contributed by atoms with Gasteiger partial charge in [-0.05, 0) is 13.3 Å². The van der Waals surface area contributed by atoms with Crippen LogP contribution in [-0.2, 0) is 4.79 Å². The van der Waals surface area contributed by atoms with Crippen molar-refractivity contribution in [3.05, 3.63) is 0 Å². The van der Waals surface area contributed by atoms with Gasteiger partial charge >= 0.3 is 6.03 Å². The first-order chi connectivity index (χ1) is 5.63. The van der Waals surface area contributed by atoms with Crippen LogP contribution in [0.25, 0.3) is 0 Å². The molecule has 1 atom stereocenters. The van der Waals surface area contributed by atoms with Gasteiger partial charge in [0.1, 0.15) is 6.04 Å². The van der Waals surface area contributed by atoms with Crippen molar-refractivity contribution in [3.8, 4) is 0 Å². The molecule has 3 amide bonds. The summed E-state index contributed by atoms with van der Waals surface area (Å²) in [5, 5.41) is 0. The number of carbonyl (C=O) groups excluding carboxylic acids is 2. The number of nitrogens with zero attached hydrogens (tertiary/aromatic N) is 2. The number of imide groups is 1. The summed E-state index contributed by atoms with van der Waals surface area (Å²) in [7, 11) is 1.67. The Bertz CT molecular complexity index is 215. The van der Waals surface area contributed by atoms with Crippen LogP contribution in [0.1, 0.15) is 20.3 Å². The molecule has 1 unspecified atom stereocenters. The fourth-order valence-corrected chi connectivity index (χ4v) is 1.50. The van der Waals surface area contributed by atoms with E-state index in [1.807, 2.05) is 13.8 Å². The number of hydrogen-bond acceptors (Lipinski definition) is 2. The van der Waals surface area contributed by atoms with Crippen LogP contribution in [0.15, 0.2) is 0 Å². The Morgan fingerprint density at radius 3 is 2.17 bits per heavy atom. The van der Waals surface area contributed by atoms with Crippen molar-refractivity contribution in [2.75, 3.05) is 13.6 Å². The molecule has 0 radical (unpaired) electrons. The number of carbonyl (C=O) groups is 2. The minimum atomic E-state index is -0.238. The lowest BCUT2D eigenvalue weighted by molar-refractivity contribution is -0.128. The average Bonchev–Trinajstić information content (AvgIpc) is 2.25. The normalized spacial score (nSPS) is 24.1. The molecular formula is C8H14N2O2. The quantitative estimate of drug-likeness (QED) is 0.572. The lowest BCUT2D eigenvalue weighted by Gasteiger charge is -2.13. The summed E-state index contributed by atoms with van der Waals surface area (Å²) in [6, 6.07) is -0.410. The van der Waals surface area contributed by atoms with E-state index in [-0.39, 0.29) is 18.0 Å². The highest BCUT2D eigenvalue weighted by atomic mass is 16.2. The van der Waals surface area contributed by atoms with Crippen LogP contribution in [0.5, 0.6) is 0 Å². The Morgan fingerprint density at radius 2 is 1.92 bits per heavy atom. The van der Waals surface area contributed by atoms with Gasteiger partial charge in [0.15, 0.2) is 0 Å². The highest BCUT2D eigenvalue weighted by molar-refractivity contribution is 6.03. The van der Waals surface area contributed by atoms with E-state index >= 15 is 0 Å². The van der Waals surface area contributed by atoms with Gasteiger partial charge in [0.25, 0.3) is 5.91 Å². The van der Waals surface area contributed by atoms with Gasteiger partial charge in [0.05, 0.1) is 0 Å². The van der Waals surface area contributed by atoms with Gasteiger partial charge in [-0.2, -0.15) is 0 Å². The van der Waals surface area contributed by atoms with Crippen molar-refractivity contribution in [1.82, 2.24) is 9.80 Å². The van der Waals surface area contributed by atoms with Crippen molar-refractivity contribution in [2.45, 2.75) is 26.3 Å². The molecule has 0 aromatic carbocycles. The Balaban J connectivity index is 2.85. The van der Waals surface area contributed by atoms with E-state index in [0.29, 0.717) is 13.0 Å². The Hall–Kier alpha value is -1.06. The zero-order valence-corrected chi connectivity index (χ0v) is 7.70. The van der Waals surface area contributed by atoms with Gasteiger partial charge in [-0.3, -0.25) is 9.69 Å². The van der Waals surface area contributed by atoms with Gasteiger partial charge in [0.2, 0.25) is 0 Å². The van der Waals surface area contributed by atoms with E-state index in [9.17, 15) is 9.59 Å². The molecule has 1 rings (SSSR count). The highest BCUT2D eigenvalue weighted by Crippen LogP contribution is 2.17. The lowest BCUT2D eigenvalue weighted by atomic mass is 10.2. The molecular weight excluding hydrogens is 156 g/mol. The van der Waals surface area contributed by atoms with Crippen LogP contribution < -0.4 is 0 Å². The summed E-state index contributed by atoms with van der Waals surface area (Å²) < 4.78 is 0. The summed E-state index contributed by atoms with van der Waals surface area (Å²) in [5.74, 6) is -0.0625. The van der Waals surface area contributed by atoms with Gasteiger partial charge in [-0.1, -0.05) is 6.92 Å². The average molecular weight is 170 g/mol. The molecule has 1 saturated heterocycles. The second-order valence-electron chi connectivity index (χ2n) is 2.90. The molecule has 0 spiro atoms. The molecule has 1 aliphatic heterocycles. The summed E-state index contributed by atoms with van der Waals surface area (Å²) in [6.45, 7) is 4.19. The molecule has 1 aliphatic rings. The summed E-state index contributed by atoms with van der Waals surface area (Å²) >= 11 is 0. The minimum Gasteiger partial charge on any atom is -0.315 e. The molecule has 4 nitrogen and oxygen atoms in total. The summed E-state index contributed by atoms with van der Waals surface area (Å²) in [5.41, 5.74) is 0. The van der Waals surface area contributed by atoms with E-state index in [0.717, 1.165) is 0 Å². The number of rotatable bonds is 2. The second kappa shape index (κ2) is 3.13. The van der Waals surface area contributed by atoms with E-state index in [1.165, 1.54) is 9.80 Å². The molecule has 0 aromatic heterocycles. The standard InChI is InChI=1S/C8H14N2O2/c1-4-6-7(11)10(5-2)8(12)9(6)3/h6H,4-5H2,1-3H3. The van der Waals surface area contributed by atoms with E-state index in [1.54, 1.807) is 7.05 Å². The maximum atomic E-state index is 11.5. The van der Waals surface area contributed by atoms with E-state index in [4.69, 9.17) is 0 Å². The molecule has 0 aromatic rings. The SMILES string of the molecule is CCC1C(=O)N(CC)C(=O)N1C. The van der Waals surface area contributed by atoms with Crippen molar-refractivity contribution < 1.29 is 9.59 Å². The van der Waals surface area contributed by atoms with E-state index < -0.39 is 0 Å². The van der Waals surface area contributed by atoms with Gasteiger partial charge < -0.3 is 4.90 Å². The molecule has 68 valence electrons. The fraction of sp³-hybridized carbons (Fsp3) is 0.750. The molecule has 4 heteroatoms. The molecule has 0 N–H and O–H groups in total. The third kappa shape index (κ3) is 1.07. The largest absolute Gasteiger partial charge is 0.327 e. The molecule has 1 fully saturated rings. The molecule has 0 aliphatic carbocycles. The maximum absolute atomic E-state index is 11.5. The van der Waals surface area contributed by atoms with Gasteiger partial charge in [-0.25, -0.2) is 4.79 Å². The van der Waals surface area contributed by atoms with Crippen LogP contribution in [0.2, 0.25) is 0 Å². The van der Waals surface area contributed by atoms with Crippen molar-refractivity contribution in [1.29, 1.82) is 0 Å². The maximum Gasteiger partial charge on any atom is 0.327 e. The molecule has 12 heavy (non-hydrogen) atoms. The number of hydrogen-bond donors (Lipinski definition) is 0. The monoisotopic (exact) mass is 170 g/mol. The Kier molecular flexibility index (Phi) is 2.35. The fourth-order valence-electron chi connectivity index (χ4n) is 1.50. The number of amides is 3. The number of urea groups is 1. The number of likely N-dealkylation sites (N-methyl/N-ethyl adjacent to an activating group) is 2. The summed E-state index contributed by atoms with van der Waals surface area (Å²) in [4.78, 5) is 25.6. The van der Waals surface area contributed by atoms with Crippen LogP contribution in [-0.4, -0.2) is 41.4 Å². The third-order valence-corrected chi connectivity index (χ3v) is 2.25. The topological polar surface area (TPSA) is 40.6 Å². The van der Waals surface area contributed by atoms with Crippen LogP contribution in [0, 0.1) is 0 Å². The van der Waals surface area contributed by atoms with Gasteiger partial charge in [-0.15, -0.1) is 0 Å². The van der Waals surface area contributed by atoms with Gasteiger partial charge in [0, 0.05) is 13.6 Å². The minimum absolute atomic E-state index is 0.0625. The van der Waals surface area contributed by atoms with Crippen LogP contribution in [0.4, 0.5) is 4.79 Å². The lowest BCUT2D eigenvalue weighted by Crippen LogP contribution is -2.31. The second-order valence-corrected chi connectivity index (χ2v) is 2.90. The van der Waals surface area contributed by atoms with Crippen LogP contribution >= 0.6 is 0 Å². The predicted molar refractivity (Wildman–Crippen MR) is 44.6 cm³/mol. The van der Waals surface area contributed by atoms with E-state index in [2.05, 4.69) is 0 Å². The van der Waals surface area contributed by atoms with Crippen molar-refractivity contribution >= 4 is 11.9 Å². The highest BCUT2D eigenvalue weighted by Gasteiger charge is 2.40. The smallest absolute Gasteiger partial charge is 0.315 e. The zero-order chi connectivity index (χ0) is 9.30. The van der Waals surface area contributed by atoms with Crippen molar-refractivity contribution in [2.24, 2.45) is 0 Å². The Morgan fingerprint density at radius 1 is 1.33 bits per heavy atom. The first-order valence-corrected chi connectivity index (χ1v) is 4.21. The first-order valence-electron chi connectivity index (χ1n) is 4.21. The molecule has 0 bridgehead atoms. The molecule has 0 saturated carbocycles. The first kappa shape index (κ1) is 9.03. The third-order valence-electron chi connectivity index (χ3n) is 2.25. The zero-order valence-electron chi connectivity index (χ0n) is 7.70. The Labute approximate surface area is 72.1 Å². The summed E-state index contributed by atoms with van der Waals surface area (Å²) in [6.07, 6.45) is 0.692. The predicted octanol–water partition coefficient (Wildman–Crippen LogP) is 0.679. The van der Waals surface area contributed by atoms with Crippen LogP contribution in [0.3, 0.4) is 0 Å². The van der Waals surface area contributed by atoms with Crippen molar-refractivity contribution in [3.63, 3.8) is 0 Å². The molecule has 1 heterocycles.